The van der Waals surface area contributed by atoms with Crippen molar-refractivity contribution in [2.45, 2.75) is 37.8 Å². The fraction of sp³-hybridized carbons (Fsp3) is 0.343. The van der Waals surface area contributed by atoms with Crippen molar-refractivity contribution < 1.29 is 37.3 Å². The van der Waals surface area contributed by atoms with E-state index in [1.807, 2.05) is 0 Å². The van der Waals surface area contributed by atoms with Gasteiger partial charge in [-0.15, -0.1) is 0 Å². The van der Waals surface area contributed by atoms with Gasteiger partial charge in [0.05, 0.1) is 25.8 Å². The number of anilines is 2. The van der Waals surface area contributed by atoms with E-state index in [9.17, 15) is 14.0 Å². The van der Waals surface area contributed by atoms with Crippen LogP contribution < -0.4 is 24.8 Å². The highest BCUT2D eigenvalue weighted by Crippen LogP contribution is 2.48. The van der Waals surface area contributed by atoms with E-state index >= 15 is 4.39 Å². The summed E-state index contributed by atoms with van der Waals surface area (Å²) in [5.74, 6) is -0.791. The van der Waals surface area contributed by atoms with Gasteiger partial charge in [-0.05, 0) is 61.4 Å². The van der Waals surface area contributed by atoms with Crippen LogP contribution in [0.25, 0.3) is 10.9 Å². The van der Waals surface area contributed by atoms with Gasteiger partial charge in [0.2, 0.25) is 11.8 Å². The molecule has 2 heterocycles. The second kappa shape index (κ2) is 12.8. The van der Waals surface area contributed by atoms with E-state index in [4.69, 9.17) is 18.9 Å². The zero-order valence-electron chi connectivity index (χ0n) is 25.8. The quantitative estimate of drug-likeness (QED) is 0.205. The lowest BCUT2D eigenvalue weighted by Gasteiger charge is -2.44. The molecule has 2 aliphatic carbocycles. The van der Waals surface area contributed by atoms with Crippen molar-refractivity contribution >= 4 is 34.1 Å². The molecule has 3 aromatic carbocycles. The fourth-order valence-corrected chi connectivity index (χ4v) is 6.02. The fourth-order valence-electron chi connectivity index (χ4n) is 6.02. The third kappa shape index (κ3) is 6.43. The number of carbonyl (C=O) groups is 2. The smallest absolute Gasteiger partial charge is 0.240 e. The molecule has 3 aliphatic rings. The van der Waals surface area contributed by atoms with Gasteiger partial charge in [0, 0.05) is 67.1 Å². The Morgan fingerprint density at radius 1 is 0.872 bits per heavy atom. The summed E-state index contributed by atoms with van der Waals surface area (Å²) in [6.45, 7) is 3.42. The maximum Gasteiger partial charge on any atom is 0.240 e. The van der Waals surface area contributed by atoms with Gasteiger partial charge in [-0.1, -0.05) is 0 Å². The van der Waals surface area contributed by atoms with Gasteiger partial charge in [0.25, 0.3) is 0 Å². The molecule has 2 saturated carbocycles. The number of pyridine rings is 1. The van der Waals surface area contributed by atoms with Gasteiger partial charge in [-0.25, -0.2) is 8.78 Å². The summed E-state index contributed by atoms with van der Waals surface area (Å²) in [5, 5.41) is 5.91. The molecule has 3 fully saturated rings. The van der Waals surface area contributed by atoms with Crippen LogP contribution in [0.2, 0.25) is 0 Å². The molecule has 4 aromatic rings. The van der Waals surface area contributed by atoms with E-state index in [2.05, 4.69) is 20.5 Å². The van der Waals surface area contributed by atoms with E-state index in [0.717, 1.165) is 45.2 Å². The first kappa shape index (κ1) is 30.8. The van der Waals surface area contributed by atoms with Crippen LogP contribution in [0.15, 0.2) is 66.9 Å². The third-order valence-electron chi connectivity index (χ3n) is 9.04. The van der Waals surface area contributed by atoms with Crippen LogP contribution in [0.5, 0.6) is 23.0 Å². The molecule has 7 rings (SSSR count). The second-order valence-electron chi connectivity index (χ2n) is 12.1. The van der Waals surface area contributed by atoms with E-state index in [0.29, 0.717) is 52.7 Å². The molecule has 12 heteroatoms. The van der Waals surface area contributed by atoms with Gasteiger partial charge < -0.3 is 29.6 Å². The zero-order chi connectivity index (χ0) is 32.5. The Balaban J connectivity index is 1.01. The summed E-state index contributed by atoms with van der Waals surface area (Å²) >= 11 is 0. The Morgan fingerprint density at radius 2 is 1.57 bits per heavy atom. The number of hydrogen-bond acceptors (Lipinski definition) is 8. The number of morpholine rings is 1. The number of nitrogens with one attached hydrogen (secondary N) is 2. The number of halogens is 2. The number of nitrogens with zero attached hydrogens (tertiary/aromatic N) is 2. The first-order valence-electron chi connectivity index (χ1n) is 15.6. The van der Waals surface area contributed by atoms with Crippen LogP contribution >= 0.6 is 0 Å². The number of benzene rings is 3. The molecule has 2 amide bonds. The molecule has 47 heavy (non-hydrogen) atoms. The molecule has 1 aromatic heterocycles. The normalized spacial score (nSPS) is 20.1. The summed E-state index contributed by atoms with van der Waals surface area (Å²) < 4.78 is 51.9. The van der Waals surface area contributed by atoms with Crippen LogP contribution in [0, 0.1) is 17.0 Å². The third-order valence-corrected chi connectivity index (χ3v) is 9.04. The topological polar surface area (TPSA) is 111 Å². The molecular formula is C35H34F2N4O6. The summed E-state index contributed by atoms with van der Waals surface area (Å²) in [6.07, 6.45) is 4.19. The Hall–Kier alpha value is -4.81. The number of hydrogen-bond donors (Lipinski definition) is 2. The summed E-state index contributed by atoms with van der Waals surface area (Å²) in [5.41, 5.74) is -0.124. The minimum Gasteiger partial charge on any atom is -0.493 e. The Morgan fingerprint density at radius 3 is 2.26 bits per heavy atom. The number of ether oxygens (including phenoxy) is 4. The standard InChI is InChI=1S/C35H34F2N4O6/c1-44-31-19-26-28(20-32(31)46-25-17-24(18-25)41-12-14-45-15-13-41)38-11-8-29(26)47-30-7-6-23(16-27(30)37)40-34(43)35(9-10-35)33(42)39-22-4-2-21(36)3-5-22/h2-8,11,16,19-20,24-25H,9-10,12-15,17-18H2,1H3,(H,39,42)(H,40,43). The van der Waals surface area contributed by atoms with Crippen LogP contribution in [0.4, 0.5) is 20.2 Å². The minimum atomic E-state index is -1.28. The average molecular weight is 645 g/mol. The lowest BCUT2D eigenvalue weighted by molar-refractivity contribution is -0.131. The SMILES string of the molecule is COc1cc2c(Oc3ccc(NC(=O)C4(C(=O)Nc5ccc(F)cc5)CC4)cc3F)ccnc2cc1OC1CC(N2CCOCC2)C1. The number of rotatable bonds is 10. The Labute approximate surface area is 270 Å². The van der Waals surface area contributed by atoms with Crippen molar-refractivity contribution in [3.05, 3.63) is 78.5 Å². The Bertz CT molecular complexity index is 1800. The lowest BCUT2D eigenvalue weighted by Crippen LogP contribution is -2.52. The van der Waals surface area contributed by atoms with Crippen molar-refractivity contribution in [2.24, 2.45) is 5.41 Å². The number of methoxy groups -OCH3 is 1. The van der Waals surface area contributed by atoms with E-state index < -0.39 is 28.9 Å². The molecular weight excluding hydrogens is 610 g/mol. The maximum atomic E-state index is 15.3. The molecule has 0 spiro atoms. The molecule has 0 radical (unpaired) electrons. The monoisotopic (exact) mass is 644 g/mol. The molecule has 10 nitrogen and oxygen atoms in total. The number of fused-ring (bicyclic) bond motifs is 1. The van der Waals surface area contributed by atoms with Crippen LogP contribution in [-0.2, 0) is 14.3 Å². The molecule has 0 bridgehead atoms. The molecule has 244 valence electrons. The van der Waals surface area contributed by atoms with E-state index in [-0.39, 0.29) is 17.5 Å². The van der Waals surface area contributed by atoms with Crippen molar-refractivity contribution in [3.8, 4) is 23.0 Å². The maximum absolute atomic E-state index is 15.3. The highest BCUT2D eigenvalue weighted by Gasteiger charge is 2.56. The first-order chi connectivity index (χ1) is 22.8. The van der Waals surface area contributed by atoms with Gasteiger partial charge in [0.15, 0.2) is 23.1 Å². The van der Waals surface area contributed by atoms with Gasteiger partial charge in [-0.2, -0.15) is 0 Å². The summed E-state index contributed by atoms with van der Waals surface area (Å²) in [6, 6.07) is 15.0. The molecule has 0 atom stereocenters. The number of amides is 2. The zero-order valence-corrected chi connectivity index (χ0v) is 25.8. The molecule has 0 unspecified atom stereocenters. The average Bonchev–Trinajstić information content (AvgIpc) is 3.88. The highest BCUT2D eigenvalue weighted by atomic mass is 19.1. The van der Waals surface area contributed by atoms with Gasteiger partial charge in [0.1, 0.15) is 23.1 Å². The van der Waals surface area contributed by atoms with Crippen molar-refractivity contribution in [2.75, 3.05) is 44.0 Å². The number of aromatic nitrogens is 1. The predicted octanol–water partition coefficient (Wildman–Crippen LogP) is 5.91. The summed E-state index contributed by atoms with van der Waals surface area (Å²) in [7, 11) is 1.56. The first-order valence-corrected chi connectivity index (χ1v) is 15.6. The lowest BCUT2D eigenvalue weighted by atomic mass is 9.87. The largest absolute Gasteiger partial charge is 0.493 e. The minimum absolute atomic E-state index is 0.0615. The van der Waals surface area contributed by atoms with Crippen molar-refractivity contribution in [3.63, 3.8) is 0 Å². The molecule has 1 aliphatic heterocycles. The highest BCUT2D eigenvalue weighted by molar-refractivity contribution is 6.16. The number of carbonyl (C=O) groups excluding carboxylic acids is 2. The summed E-state index contributed by atoms with van der Waals surface area (Å²) in [4.78, 5) is 32.9. The molecule has 1 saturated heterocycles. The van der Waals surface area contributed by atoms with Gasteiger partial charge >= 0.3 is 0 Å². The van der Waals surface area contributed by atoms with Crippen LogP contribution in [0.3, 0.4) is 0 Å². The van der Waals surface area contributed by atoms with Crippen LogP contribution in [0.1, 0.15) is 25.7 Å². The molecule has 2 N–H and O–H groups in total. The van der Waals surface area contributed by atoms with Crippen molar-refractivity contribution in [1.82, 2.24) is 9.88 Å². The van der Waals surface area contributed by atoms with Crippen LogP contribution in [-0.4, -0.2) is 67.3 Å². The second-order valence-corrected chi connectivity index (χ2v) is 12.1. The van der Waals surface area contributed by atoms with Crippen molar-refractivity contribution in [1.29, 1.82) is 0 Å². The Kier molecular flexibility index (Phi) is 8.37. The predicted molar refractivity (Wildman–Crippen MR) is 170 cm³/mol. The van der Waals surface area contributed by atoms with E-state index in [1.54, 1.807) is 31.5 Å². The van der Waals surface area contributed by atoms with Gasteiger partial charge in [-0.3, -0.25) is 19.5 Å². The van der Waals surface area contributed by atoms with E-state index in [1.165, 1.54) is 36.4 Å².